The summed E-state index contributed by atoms with van der Waals surface area (Å²) in [5.74, 6) is -0.345. The number of aliphatic carboxylic acids is 1. The first-order chi connectivity index (χ1) is 7.04. The molecule has 0 spiro atoms. The van der Waals surface area contributed by atoms with Crippen molar-refractivity contribution in [1.29, 1.82) is 0 Å². The molecule has 0 radical (unpaired) electrons. The highest BCUT2D eigenvalue weighted by atomic mass is 32.2. The minimum absolute atomic E-state index is 0.227. The van der Waals surface area contributed by atoms with Crippen molar-refractivity contribution >= 4 is 23.6 Å². The molecule has 15 heavy (non-hydrogen) atoms. The van der Waals surface area contributed by atoms with Crippen molar-refractivity contribution in [1.82, 2.24) is 4.90 Å². The molecule has 0 heterocycles. The maximum absolute atomic E-state index is 11.9. The lowest BCUT2D eigenvalue weighted by Crippen LogP contribution is -2.51. The van der Waals surface area contributed by atoms with Gasteiger partial charge in [-0.2, -0.15) is 11.8 Å². The van der Waals surface area contributed by atoms with Gasteiger partial charge in [0.05, 0.1) is 0 Å². The van der Waals surface area contributed by atoms with Crippen molar-refractivity contribution < 1.29 is 14.7 Å². The summed E-state index contributed by atoms with van der Waals surface area (Å²) in [7, 11) is 1.68. The highest BCUT2D eigenvalue weighted by Crippen LogP contribution is 2.42. The Morgan fingerprint density at radius 2 is 2.07 bits per heavy atom. The molecular weight excluding hydrogens is 214 g/mol. The fourth-order valence-corrected chi connectivity index (χ4v) is 2.20. The molecule has 1 N–H and O–H groups in total. The molecule has 1 saturated carbocycles. The first kappa shape index (κ1) is 12.4. The molecule has 4 nitrogen and oxygen atoms in total. The Morgan fingerprint density at radius 1 is 1.47 bits per heavy atom. The van der Waals surface area contributed by atoms with Crippen LogP contribution < -0.4 is 0 Å². The van der Waals surface area contributed by atoms with Gasteiger partial charge in [0.25, 0.3) is 0 Å². The first-order valence-corrected chi connectivity index (χ1v) is 6.42. The van der Waals surface area contributed by atoms with Crippen LogP contribution in [0.3, 0.4) is 0 Å². The molecule has 0 atom stereocenters. The van der Waals surface area contributed by atoms with Crippen molar-refractivity contribution in [2.45, 2.75) is 19.3 Å². The summed E-state index contributed by atoms with van der Waals surface area (Å²) in [4.78, 5) is 24.5. The van der Waals surface area contributed by atoms with E-state index in [-0.39, 0.29) is 5.91 Å². The summed E-state index contributed by atoms with van der Waals surface area (Å²) in [5.41, 5.74) is -1.10. The lowest BCUT2D eigenvalue weighted by molar-refractivity contribution is -0.166. The van der Waals surface area contributed by atoms with E-state index in [2.05, 4.69) is 0 Å². The van der Waals surface area contributed by atoms with Gasteiger partial charge < -0.3 is 10.0 Å². The quantitative estimate of drug-likeness (QED) is 0.719. The third kappa shape index (κ3) is 2.27. The lowest BCUT2D eigenvalue weighted by atomic mass is 9.68. The third-order valence-electron chi connectivity index (χ3n) is 3.00. The Morgan fingerprint density at radius 3 is 2.40 bits per heavy atom. The van der Waals surface area contributed by atoms with E-state index in [1.165, 1.54) is 0 Å². The molecule has 5 heteroatoms. The molecule has 0 aromatic carbocycles. The number of rotatable bonds is 5. The fraction of sp³-hybridized carbons (Fsp3) is 0.800. The van der Waals surface area contributed by atoms with Gasteiger partial charge in [0.1, 0.15) is 5.41 Å². The van der Waals surface area contributed by atoms with E-state index in [9.17, 15) is 9.59 Å². The van der Waals surface area contributed by atoms with Gasteiger partial charge in [-0.25, -0.2) is 0 Å². The number of hydrogen-bond acceptors (Lipinski definition) is 3. The van der Waals surface area contributed by atoms with Gasteiger partial charge in [-0.1, -0.05) is 6.42 Å². The SMILES string of the molecule is CSCCN(C)C(=O)C1(C(=O)O)CCC1. The summed E-state index contributed by atoms with van der Waals surface area (Å²) in [6.45, 7) is 0.620. The fourth-order valence-electron chi connectivity index (χ4n) is 1.74. The number of hydrogen-bond donors (Lipinski definition) is 1. The molecular formula is C10H17NO3S. The van der Waals surface area contributed by atoms with Crippen LogP contribution in [-0.4, -0.2) is 47.5 Å². The summed E-state index contributed by atoms with van der Waals surface area (Å²) in [6, 6.07) is 0. The molecule has 0 bridgehead atoms. The van der Waals surface area contributed by atoms with Crippen LogP contribution in [0.2, 0.25) is 0 Å². The van der Waals surface area contributed by atoms with Gasteiger partial charge in [0.2, 0.25) is 5.91 Å². The van der Waals surface area contributed by atoms with Crippen molar-refractivity contribution in [3.63, 3.8) is 0 Å². The molecule has 1 amide bonds. The molecule has 1 aliphatic carbocycles. The molecule has 0 aromatic rings. The molecule has 86 valence electrons. The van der Waals surface area contributed by atoms with E-state index in [0.717, 1.165) is 12.2 Å². The van der Waals surface area contributed by atoms with Crippen LogP contribution in [0.4, 0.5) is 0 Å². The smallest absolute Gasteiger partial charge is 0.319 e. The molecule has 0 unspecified atom stereocenters. The standard InChI is InChI=1S/C10H17NO3S/c1-11(6-7-15-2)8(12)10(9(13)14)4-3-5-10/h3-7H2,1-2H3,(H,13,14). The van der Waals surface area contributed by atoms with E-state index in [1.807, 2.05) is 6.26 Å². The Hall–Kier alpha value is -0.710. The average Bonchev–Trinajstić information content (AvgIpc) is 2.11. The number of carbonyl (C=O) groups excluding carboxylic acids is 1. The lowest BCUT2D eigenvalue weighted by Gasteiger charge is -2.38. The van der Waals surface area contributed by atoms with Crippen LogP contribution >= 0.6 is 11.8 Å². The van der Waals surface area contributed by atoms with Gasteiger partial charge in [-0.15, -0.1) is 0 Å². The van der Waals surface area contributed by atoms with E-state index in [1.54, 1.807) is 23.7 Å². The van der Waals surface area contributed by atoms with Crippen molar-refractivity contribution in [3.8, 4) is 0 Å². The number of carbonyl (C=O) groups is 2. The van der Waals surface area contributed by atoms with Gasteiger partial charge in [0.15, 0.2) is 0 Å². The van der Waals surface area contributed by atoms with Crippen LogP contribution in [0.25, 0.3) is 0 Å². The minimum atomic E-state index is -1.10. The maximum Gasteiger partial charge on any atom is 0.319 e. The Bertz CT molecular complexity index is 263. The van der Waals surface area contributed by atoms with Crippen LogP contribution in [0, 0.1) is 5.41 Å². The topological polar surface area (TPSA) is 57.6 Å². The van der Waals surface area contributed by atoms with Crippen LogP contribution in [0.1, 0.15) is 19.3 Å². The zero-order chi connectivity index (χ0) is 11.5. The number of amides is 1. The highest BCUT2D eigenvalue weighted by molar-refractivity contribution is 7.98. The van der Waals surface area contributed by atoms with Crippen molar-refractivity contribution in [2.24, 2.45) is 5.41 Å². The van der Waals surface area contributed by atoms with Crippen molar-refractivity contribution in [2.75, 3.05) is 25.6 Å². The zero-order valence-corrected chi connectivity index (χ0v) is 9.97. The molecule has 0 saturated heterocycles. The van der Waals surface area contributed by atoms with Crippen LogP contribution in [-0.2, 0) is 9.59 Å². The second-order valence-corrected chi connectivity index (χ2v) is 4.95. The summed E-state index contributed by atoms with van der Waals surface area (Å²) >= 11 is 1.65. The van der Waals surface area contributed by atoms with Crippen molar-refractivity contribution in [3.05, 3.63) is 0 Å². The predicted molar refractivity (Wildman–Crippen MR) is 59.9 cm³/mol. The third-order valence-corrected chi connectivity index (χ3v) is 3.59. The number of thioether (sulfide) groups is 1. The number of carboxylic acid groups (broad SMARTS) is 1. The van der Waals surface area contributed by atoms with E-state index < -0.39 is 11.4 Å². The Balaban J connectivity index is 2.61. The molecule has 0 aliphatic heterocycles. The van der Waals surface area contributed by atoms with Crippen LogP contribution in [0.5, 0.6) is 0 Å². The monoisotopic (exact) mass is 231 g/mol. The van der Waals surface area contributed by atoms with Gasteiger partial charge in [-0.05, 0) is 19.1 Å². The van der Waals surface area contributed by atoms with E-state index in [4.69, 9.17) is 5.11 Å². The molecule has 1 aliphatic rings. The maximum atomic E-state index is 11.9. The Labute approximate surface area is 94.0 Å². The van der Waals surface area contributed by atoms with Gasteiger partial charge in [0, 0.05) is 19.3 Å². The minimum Gasteiger partial charge on any atom is -0.480 e. The van der Waals surface area contributed by atoms with Gasteiger partial charge in [-0.3, -0.25) is 9.59 Å². The summed E-state index contributed by atoms with van der Waals surface area (Å²) in [6.07, 6.45) is 3.79. The summed E-state index contributed by atoms with van der Waals surface area (Å²) < 4.78 is 0. The normalized spacial score (nSPS) is 18.0. The Kier molecular flexibility index (Phi) is 4.02. The number of carboxylic acids is 1. The zero-order valence-electron chi connectivity index (χ0n) is 9.15. The average molecular weight is 231 g/mol. The highest BCUT2D eigenvalue weighted by Gasteiger charge is 2.52. The second kappa shape index (κ2) is 4.88. The number of nitrogens with zero attached hydrogens (tertiary/aromatic N) is 1. The second-order valence-electron chi connectivity index (χ2n) is 3.96. The van der Waals surface area contributed by atoms with E-state index in [0.29, 0.717) is 19.4 Å². The first-order valence-electron chi connectivity index (χ1n) is 5.02. The molecule has 0 aromatic heterocycles. The van der Waals surface area contributed by atoms with Crippen LogP contribution in [0.15, 0.2) is 0 Å². The summed E-state index contributed by atoms with van der Waals surface area (Å²) in [5, 5.41) is 9.08. The largest absolute Gasteiger partial charge is 0.480 e. The van der Waals surface area contributed by atoms with Gasteiger partial charge >= 0.3 is 5.97 Å². The van der Waals surface area contributed by atoms with E-state index >= 15 is 0 Å². The molecule has 1 rings (SSSR count). The predicted octanol–water partition coefficient (Wildman–Crippen LogP) is 1.06. The molecule has 1 fully saturated rings.